The summed E-state index contributed by atoms with van der Waals surface area (Å²) in [4.78, 5) is 23.3. The Hall–Kier alpha value is -3.41. The number of carbonyl (C=O) groups is 1. The summed E-state index contributed by atoms with van der Waals surface area (Å²) in [5, 5.41) is 15.5. The van der Waals surface area contributed by atoms with Gasteiger partial charge in [-0.1, -0.05) is 36.4 Å². The fourth-order valence-electron chi connectivity index (χ4n) is 2.51. The van der Waals surface area contributed by atoms with Crippen LogP contribution >= 0.6 is 0 Å². The second-order valence-electron chi connectivity index (χ2n) is 5.12. The van der Waals surface area contributed by atoms with Crippen molar-refractivity contribution < 1.29 is 14.5 Å². The number of nitro benzene ring substituents is 1. The van der Waals surface area contributed by atoms with Crippen molar-refractivity contribution in [1.29, 1.82) is 0 Å². The van der Waals surface area contributed by atoms with Gasteiger partial charge in [-0.3, -0.25) is 14.9 Å². The molecule has 3 aromatic rings. The first-order chi connectivity index (χ1) is 11.6. The number of amides is 1. The Morgan fingerprint density at radius 1 is 1.08 bits per heavy atom. The van der Waals surface area contributed by atoms with Crippen LogP contribution < -0.4 is 10.1 Å². The van der Waals surface area contributed by atoms with E-state index in [-0.39, 0.29) is 11.4 Å². The van der Waals surface area contributed by atoms with Crippen LogP contribution in [0.2, 0.25) is 0 Å². The third-order valence-corrected chi connectivity index (χ3v) is 3.68. The third kappa shape index (κ3) is 2.89. The Morgan fingerprint density at radius 2 is 1.83 bits per heavy atom. The van der Waals surface area contributed by atoms with Crippen LogP contribution in [0.5, 0.6) is 5.75 Å². The molecule has 0 saturated heterocycles. The molecule has 6 heteroatoms. The van der Waals surface area contributed by atoms with Crippen LogP contribution in [0, 0.1) is 10.1 Å². The van der Waals surface area contributed by atoms with E-state index in [0.29, 0.717) is 11.3 Å². The van der Waals surface area contributed by atoms with E-state index >= 15 is 0 Å². The lowest BCUT2D eigenvalue weighted by Crippen LogP contribution is -2.13. The summed E-state index contributed by atoms with van der Waals surface area (Å²) in [5.41, 5.74) is 0.361. The van der Waals surface area contributed by atoms with Crippen molar-refractivity contribution in [2.45, 2.75) is 0 Å². The van der Waals surface area contributed by atoms with Crippen LogP contribution in [0.3, 0.4) is 0 Å². The van der Waals surface area contributed by atoms with Crippen molar-refractivity contribution in [3.63, 3.8) is 0 Å². The van der Waals surface area contributed by atoms with E-state index < -0.39 is 10.8 Å². The molecule has 1 amide bonds. The molecule has 3 rings (SSSR count). The number of nitrogens with zero attached hydrogens (tertiary/aromatic N) is 1. The monoisotopic (exact) mass is 322 g/mol. The maximum Gasteiger partial charge on any atom is 0.296 e. The minimum atomic E-state index is -0.554. The maximum absolute atomic E-state index is 12.6. The number of fused-ring (bicyclic) bond motifs is 1. The second-order valence-corrected chi connectivity index (χ2v) is 5.12. The summed E-state index contributed by atoms with van der Waals surface area (Å²) in [6, 6.07) is 17.1. The molecule has 1 N–H and O–H groups in total. The molecule has 0 bridgehead atoms. The average Bonchev–Trinajstić information content (AvgIpc) is 2.61. The van der Waals surface area contributed by atoms with Crippen molar-refractivity contribution >= 4 is 28.1 Å². The van der Waals surface area contributed by atoms with Gasteiger partial charge < -0.3 is 10.1 Å². The van der Waals surface area contributed by atoms with Crippen molar-refractivity contribution in [2.24, 2.45) is 0 Å². The van der Waals surface area contributed by atoms with Gasteiger partial charge in [-0.15, -0.1) is 0 Å². The molecule has 0 fully saturated rings. The highest BCUT2D eigenvalue weighted by molar-refractivity contribution is 6.13. The van der Waals surface area contributed by atoms with Crippen molar-refractivity contribution in [2.75, 3.05) is 12.4 Å². The Balaban J connectivity index is 1.99. The van der Waals surface area contributed by atoms with E-state index in [1.54, 1.807) is 18.2 Å². The van der Waals surface area contributed by atoms with Crippen LogP contribution in [0.1, 0.15) is 10.4 Å². The maximum atomic E-state index is 12.6. The lowest BCUT2D eigenvalue weighted by molar-refractivity contribution is -0.384. The molecule has 0 aliphatic carbocycles. The summed E-state index contributed by atoms with van der Waals surface area (Å²) < 4.78 is 4.99. The molecule has 0 unspecified atom stereocenters. The molecule has 0 heterocycles. The molecule has 24 heavy (non-hydrogen) atoms. The van der Waals surface area contributed by atoms with Crippen LogP contribution in [0.25, 0.3) is 10.8 Å². The Labute approximate surface area is 137 Å². The highest BCUT2D eigenvalue weighted by atomic mass is 16.6. The van der Waals surface area contributed by atoms with Crippen LogP contribution in [0.15, 0.2) is 60.7 Å². The van der Waals surface area contributed by atoms with Crippen LogP contribution in [0.4, 0.5) is 11.4 Å². The summed E-state index contributed by atoms with van der Waals surface area (Å²) in [6.07, 6.45) is 0. The summed E-state index contributed by atoms with van der Waals surface area (Å²) in [5.74, 6) is -0.0510. The standard InChI is InChI=1S/C18H14N2O4/c1-24-13-9-10-16(17(11-13)20(22)23)19-18(21)15-8-4-6-12-5-2-3-7-14(12)15/h2-11H,1H3,(H,19,21). The highest BCUT2D eigenvalue weighted by Gasteiger charge is 2.18. The van der Waals surface area contributed by atoms with Gasteiger partial charge >= 0.3 is 0 Å². The Morgan fingerprint density at radius 3 is 2.58 bits per heavy atom. The molecule has 120 valence electrons. The molecule has 3 aromatic carbocycles. The molecule has 0 aromatic heterocycles. The van der Waals surface area contributed by atoms with Gasteiger partial charge in [0.05, 0.1) is 18.1 Å². The molecular weight excluding hydrogens is 308 g/mol. The van der Waals surface area contributed by atoms with E-state index in [9.17, 15) is 14.9 Å². The first-order valence-electron chi connectivity index (χ1n) is 7.21. The molecule has 0 atom stereocenters. The number of hydrogen-bond acceptors (Lipinski definition) is 4. The summed E-state index contributed by atoms with van der Waals surface area (Å²) in [6.45, 7) is 0. The van der Waals surface area contributed by atoms with Gasteiger partial charge in [-0.2, -0.15) is 0 Å². The number of rotatable bonds is 4. The number of methoxy groups -OCH3 is 1. The van der Waals surface area contributed by atoms with E-state index in [1.807, 2.05) is 30.3 Å². The van der Waals surface area contributed by atoms with E-state index in [0.717, 1.165) is 10.8 Å². The predicted octanol–water partition coefficient (Wildman–Crippen LogP) is 4.01. The molecule has 0 saturated carbocycles. The lowest BCUT2D eigenvalue weighted by atomic mass is 10.0. The number of hydrogen-bond donors (Lipinski definition) is 1. The van der Waals surface area contributed by atoms with E-state index in [4.69, 9.17) is 4.74 Å². The van der Waals surface area contributed by atoms with E-state index in [1.165, 1.54) is 19.2 Å². The smallest absolute Gasteiger partial charge is 0.296 e. The number of nitro groups is 1. The van der Waals surface area contributed by atoms with Gasteiger partial charge in [-0.05, 0) is 29.0 Å². The first-order valence-corrected chi connectivity index (χ1v) is 7.21. The number of benzene rings is 3. The van der Waals surface area contributed by atoms with Gasteiger partial charge in [0.25, 0.3) is 11.6 Å². The summed E-state index contributed by atoms with van der Waals surface area (Å²) in [7, 11) is 1.42. The Kier molecular flexibility index (Phi) is 4.11. The SMILES string of the molecule is COc1ccc(NC(=O)c2cccc3ccccc23)c([N+](=O)[O-])c1. The Bertz CT molecular complexity index is 932. The molecular formula is C18H14N2O4. The summed E-state index contributed by atoms with van der Waals surface area (Å²) >= 11 is 0. The second kappa shape index (κ2) is 6.37. The van der Waals surface area contributed by atoms with Gasteiger partial charge in [0.2, 0.25) is 0 Å². The molecule has 0 aliphatic heterocycles. The number of ether oxygens (including phenoxy) is 1. The highest BCUT2D eigenvalue weighted by Crippen LogP contribution is 2.30. The van der Waals surface area contributed by atoms with Gasteiger partial charge in [0.1, 0.15) is 11.4 Å². The zero-order chi connectivity index (χ0) is 17.1. The average molecular weight is 322 g/mol. The normalized spacial score (nSPS) is 10.4. The number of nitrogens with one attached hydrogen (secondary N) is 1. The first kappa shape index (κ1) is 15.5. The molecule has 0 aliphatic rings. The van der Waals surface area contributed by atoms with E-state index in [2.05, 4.69) is 5.32 Å². The van der Waals surface area contributed by atoms with Crippen molar-refractivity contribution in [1.82, 2.24) is 0 Å². The molecule has 0 spiro atoms. The molecule has 6 nitrogen and oxygen atoms in total. The fraction of sp³-hybridized carbons (Fsp3) is 0.0556. The third-order valence-electron chi connectivity index (χ3n) is 3.68. The number of anilines is 1. The predicted molar refractivity (Wildman–Crippen MR) is 91.5 cm³/mol. The minimum Gasteiger partial charge on any atom is -0.496 e. The lowest BCUT2D eigenvalue weighted by Gasteiger charge is -2.09. The fourth-order valence-corrected chi connectivity index (χ4v) is 2.51. The van der Waals surface area contributed by atoms with Gasteiger partial charge in [0, 0.05) is 5.56 Å². The zero-order valence-corrected chi connectivity index (χ0v) is 12.9. The van der Waals surface area contributed by atoms with Gasteiger partial charge in [-0.25, -0.2) is 0 Å². The number of carbonyl (C=O) groups excluding carboxylic acids is 1. The van der Waals surface area contributed by atoms with Crippen LogP contribution in [-0.2, 0) is 0 Å². The minimum absolute atomic E-state index is 0.124. The molecule has 0 radical (unpaired) electrons. The van der Waals surface area contributed by atoms with Crippen molar-refractivity contribution in [3.8, 4) is 5.75 Å². The topological polar surface area (TPSA) is 81.5 Å². The largest absolute Gasteiger partial charge is 0.496 e. The zero-order valence-electron chi connectivity index (χ0n) is 12.9. The van der Waals surface area contributed by atoms with Crippen LogP contribution in [-0.4, -0.2) is 17.9 Å². The van der Waals surface area contributed by atoms with Crippen molar-refractivity contribution in [3.05, 3.63) is 76.3 Å². The van der Waals surface area contributed by atoms with Gasteiger partial charge in [0.15, 0.2) is 0 Å². The quantitative estimate of drug-likeness (QED) is 0.581.